The van der Waals surface area contributed by atoms with Gasteiger partial charge in [-0.05, 0) is 17.2 Å². The summed E-state index contributed by atoms with van der Waals surface area (Å²) in [5.74, 6) is -0.0715. The SMILES string of the molecule is N#CC(C#N)=C(c1cc(Cl)c2cccccc1-2)c1coc(N)c1C#N. The summed E-state index contributed by atoms with van der Waals surface area (Å²) >= 11 is 6.34. The molecule has 0 unspecified atom stereocenters. The molecule has 1 aromatic rings. The molecule has 25 heavy (non-hydrogen) atoms. The Morgan fingerprint density at radius 1 is 1.00 bits per heavy atom. The molecule has 2 aliphatic carbocycles. The number of nitrogens with two attached hydrogens (primary N) is 1. The molecule has 0 fully saturated rings. The van der Waals surface area contributed by atoms with Crippen molar-refractivity contribution < 1.29 is 4.42 Å². The molecule has 6 heteroatoms. The Bertz CT molecular complexity index is 1090. The summed E-state index contributed by atoms with van der Waals surface area (Å²) in [6.07, 6.45) is 1.27. The molecule has 0 radical (unpaired) electrons. The van der Waals surface area contributed by atoms with Crippen LogP contribution in [0.5, 0.6) is 0 Å². The lowest BCUT2D eigenvalue weighted by atomic mass is 9.92. The van der Waals surface area contributed by atoms with Crippen LogP contribution in [0.2, 0.25) is 5.02 Å². The number of nitrogens with zero attached hydrogens (tertiary/aromatic N) is 3. The minimum Gasteiger partial charge on any atom is -0.447 e. The highest BCUT2D eigenvalue weighted by Gasteiger charge is 2.25. The largest absolute Gasteiger partial charge is 0.447 e. The van der Waals surface area contributed by atoms with Crippen LogP contribution < -0.4 is 5.73 Å². The van der Waals surface area contributed by atoms with E-state index in [1.54, 1.807) is 6.07 Å². The highest BCUT2D eigenvalue weighted by Crippen LogP contribution is 2.43. The van der Waals surface area contributed by atoms with E-state index in [2.05, 4.69) is 0 Å². The first kappa shape index (κ1) is 16.1. The van der Waals surface area contributed by atoms with Crippen molar-refractivity contribution in [2.24, 2.45) is 0 Å². The third-order valence-corrected chi connectivity index (χ3v) is 4.11. The van der Waals surface area contributed by atoms with Gasteiger partial charge in [-0.25, -0.2) is 0 Å². The van der Waals surface area contributed by atoms with Gasteiger partial charge in [0.1, 0.15) is 35.6 Å². The van der Waals surface area contributed by atoms with Crippen molar-refractivity contribution in [1.29, 1.82) is 15.8 Å². The summed E-state index contributed by atoms with van der Waals surface area (Å²) in [5, 5.41) is 28.7. The minimum absolute atomic E-state index is 0.0715. The van der Waals surface area contributed by atoms with Crippen molar-refractivity contribution in [3.05, 3.63) is 69.9 Å². The standard InChI is InChI=1S/C19H9ClN4O/c20-17-6-14(12-4-2-1-3-5-13(12)17)18(11(7-21)8-22)16-10-25-19(24)15(16)9-23/h1-6,10H,24H2. The summed E-state index contributed by atoms with van der Waals surface area (Å²) in [6.45, 7) is 0. The molecule has 0 bridgehead atoms. The number of nitrogen functional groups attached to an aromatic ring is 1. The fraction of sp³-hybridized carbons (Fsp3) is 0. The van der Waals surface area contributed by atoms with Crippen molar-refractivity contribution in [3.63, 3.8) is 0 Å². The number of nitriles is 3. The topological polar surface area (TPSA) is 111 Å². The Morgan fingerprint density at radius 2 is 1.68 bits per heavy atom. The number of hydrogen-bond donors (Lipinski definition) is 1. The first-order valence-electron chi connectivity index (χ1n) is 7.12. The van der Waals surface area contributed by atoms with Gasteiger partial charge in [-0.15, -0.1) is 0 Å². The second kappa shape index (κ2) is 6.42. The Balaban J connectivity index is 2.42. The van der Waals surface area contributed by atoms with E-state index < -0.39 is 0 Å². The molecule has 1 aromatic heterocycles. The maximum Gasteiger partial charge on any atom is 0.208 e. The van der Waals surface area contributed by atoms with Crippen LogP contribution in [0.4, 0.5) is 5.88 Å². The van der Waals surface area contributed by atoms with Gasteiger partial charge in [-0.2, -0.15) is 15.8 Å². The fourth-order valence-electron chi connectivity index (χ4n) is 2.70. The number of anilines is 1. The molecule has 0 amide bonds. The molecule has 0 aromatic carbocycles. The smallest absolute Gasteiger partial charge is 0.208 e. The van der Waals surface area contributed by atoms with Gasteiger partial charge in [0.15, 0.2) is 0 Å². The predicted molar refractivity (Wildman–Crippen MR) is 93.2 cm³/mol. The number of furan rings is 1. The van der Waals surface area contributed by atoms with E-state index in [4.69, 9.17) is 21.8 Å². The van der Waals surface area contributed by atoms with Crippen molar-refractivity contribution in [1.82, 2.24) is 0 Å². The quantitative estimate of drug-likeness (QED) is 0.695. The lowest BCUT2D eigenvalue weighted by molar-refractivity contribution is 0.586. The molecule has 2 aliphatic rings. The number of rotatable bonds is 2. The first-order chi connectivity index (χ1) is 12.1. The van der Waals surface area contributed by atoms with E-state index in [0.29, 0.717) is 10.6 Å². The molecule has 0 saturated heterocycles. The highest BCUT2D eigenvalue weighted by atomic mass is 35.5. The zero-order chi connectivity index (χ0) is 18.0. The number of halogens is 1. The van der Waals surface area contributed by atoms with Gasteiger partial charge in [-0.3, -0.25) is 0 Å². The van der Waals surface area contributed by atoms with E-state index in [1.807, 2.05) is 48.5 Å². The first-order valence-corrected chi connectivity index (χ1v) is 7.49. The molecular weight excluding hydrogens is 336 g/mol. The summed E-state index contributed by atoms with van der Waals surface area (Å²) < 4.78 is 5.13. The van der Waals surface area contributed by atoms with Gasteiger partial charge in [0.2, 0.25) is 5.88 Å². The second-order valence-electron chi connectivity index (χ2n) is 5.12. The second-order valence-corrected chi connectivity index (χ2v) is 5.53. The van der Waals surface area contributed by atoms with E-state index in [-0.39, 0.29) is 28.2 Å². The van der Waals surface area contributed by atoms with Crippen molar-refractivity contribution in [3.8, 4) is 29.3 Å². The number of hydrogen-bond acceptors (Lipinski definition) is 5. The van der Waals surface area contributed by atoms with Crippen LogP contribution in [-0.2, 0) is 0 Å². The Kier molecular flexibility index (Phi) is 4.14. The predicted octanol–water partition coefficient (Wildman–Crippen LogP) is 4.34. The third-order valence-electron chi connectivity index (χ3n) is 3.80. The Morgan fingerprint density at radius 3 is 2.32 bits per heavy atom. The molecule has 0 saturated carbocycles. The van der Waals surface area contributed by atoms with Crippen LogP contribution in [0, 0.1) is 34.0 Å². The van der Waals surface area contributed by atoms with Crippen LogP contribution in [0.15, 0.2) is 52.7 Å². The average Bonchev–Trinajstić information content (AvgIpc) is 3.00. The zero-order valence-electron chi connectivity index (χ0n) is 12.7. The summed E-state index contributed by atoms with van der Waals surface area (Å²) in [6, 6.07) is 16.6. The third kappa shape index (κ3) is 2.58. The van der Waals surface area contributed by atoms with Crippen LogP contribution in [0.25, 0.3) is 16.7 Å². The van der Waals surface area contributed by atoms with Crippen LogP contribution in [-0.4, -0.2) is 0 Å². The van der Waals surface area contributed by atoms with E-state index in [9.17, 15) is 15.8 Å². The Hall–Kier alpha value is -3.72. The van der Waals surface area contributed by atoms with Crippen molar-refractivity contribution in [2.45, 2.75) is 0 Å². The van der Waals surface area contributed by atoms with E-state index in [1.165, 1.54) is 6.26 Å². The molecule has 2 N–H and O–H groups in total. The van der Waals surface area contributed by atoms with E-state index >= 15 is 0 Å². The van der Waals surface area contributed by atoms with Crippen LogP contribution >= 0.6 is 11.6 Å². The van der Waals surface area contributed by atoms with E-state index in [0.717, 1.165) is 11.1 Å². The molecule has 0 aliphatic heterocycles. The fourth-order valence-corrected chi connectivity index (χ4v) is 2.98. The van der Waals surface area contributed by atoms with Gasteiger partial charge in [0.05, 0.1) is 0 Å². The summed E-state index contributed by atoms with van der Waals surface area (Å²) in [7, 11) is 0. The molecule has 5 nitrogen and oxygen atoms in total. The Labute approximate surface area is 148 Å². The maximum absolute atomic E-state index is 9.41. The van der Waals surface area contributed by atoms with Crippen molar-refractivity contribution >= 4 is 23.1 Å². The average molecular weight is 345 g/mol. The molecule has 3 rings (SSSR count). The lowest BCUT2D eigenvalue weighted by Gasteiger charge is -2.07. The van der Waals surface area contributed by atoms with Crippen LogP contribution in [0.3, 0.4) is 0 Å². The van der Waals surface area contributed by atoms with Crippen LogP contribution in [0.1, 0.15) is 16.7 Å². The zero-order valence-corrected chi connectivity index (χ0v) is 13.5. The maximum atomic E-state index is 9.41. The normalized spacial score (nSPS) is 9.84. The van der Waals surface area contributed by atoms with Gasteiger partial charge < -0.3 is 10.2 Å². The summed E-state index contributed by atoms with van der Waals surface area (Å²) in [5.41, 5.74) is 8.23. The van der Waals surface area contributed by atoms with Gasteiger partial charge in [0.25, 0.3) is 0 Å². The van der Waals surface area contributed by atoms with Crippen molar-refractivity contribution in [2.75, 3.05) is 5.73 Å². The van der Waals surface area contributed by atoms with Gasteiger partial charge in [-0.1, -0.05) is 41.9 Å². The van der Waals surface area contributed by atoms with Gasteiger partial charge in [0, 0.05) is 21.7 Å². The summed E-state index contributed by atoms with van der Waals surface area (Å²) in [4.78, 5) is 0. The minimum atomic E-state index is -0.160. The lowest BCUT2D eigenvalue weighted by Crippen LogP contribution is -1.95. The van der Waals surface area contributed by atoms with Gasteiger partial charge >= 0.3 is 0 Å². The molecule has 0 atom stereocenters. The highest BCUT2D eigenvalue weighted by molar-refractivity contribution is 6.34. The number of allylic oxidation sites excluding steroid dienone is 1. The molecule has 1 heterocycles. The number of fused-ring (bicyclic) bond motifs is 1. The molecular formula is C19H9ClN4O. The molecule has 118 valence electrons. The monoisotopic (exact) mass is 344 g/mol. The molecule has 0 spiro atoms.